The molecule has 0 saturated heterocycles. The summed E-state index contributed by atoms with van der Waals surface area (Å²) < 4.78 is 23.9. The van der Waals surface area contributed by atoms with Gasteiger partial charge in [0.15, 0.2) is 5.82 Å². The zero-order valence-electron chi connectivity index (χ0n) is 16.4. The smallest absolute Gasteiger partial charge is 0.253 e. The normalized spacial score (nSPS) is 11.6. The van der Waals surface area contributed by atoms with Crippen molar-refractivity contribution in [2.45, 2.75) is 20.3 Å². The van der Waals surface area contributed by atoms with Gasteiger partial charge >= 0.3 is 0 Å². The number of fused-ring (bicyclic) bond motifs is 1. The summed E-state index contributed by atoms with van der Waals surface area (Å²) in [6.45, 7) is 3.86. The molecule has 0 bridgehead atoms. The molecule has 2 aromatic heterocycles. The van der Waals surface area contributed by atoms with Crippen molar-refractivity contribution in [2.75, 3.05) is 23.9 Å². The third-order valence-corrected chi connectivity index (χ3v) is 5.55. The number of aromatic nitrogens is 3. The molecule has 0 spiro atoms. The van der Waals surface area contributed by atoms with Crippen LogP contribution in [0.5, 0.6) is 5.75 Å². The van der Waals surface area contributed by atoms with Crippen molar-refractivity contribution in [3.8, 4) is 5.75 Å². The van der Waals surface area contributed by atoms with E-state index in [-0.39, 0.29) is 24.0 Å². The highest BCUT2D eigenvalue weighted by molar-refractivity contribution is 7.90. The fourth-order valence-electron chi connectivity index (χ4n) is 2.94. The molecule has 29 heavy (non-hydrogen) atoms. The molecular weight excluding hydrogens is 394 g/mol. The molecule has 3 aromatic rings. The average Bonchev–Trinajstić information content (AvgIpc) is 2.99. The summed E-state index contributed by atoms with van der Waals surface area (Å²) in [5.74, 6) is 0.381. The number of aromatic hydroxyl groups is 1. The van der Waals surface area contributed by atoms with Crippen LogP contribution in [0.3, 0.4) is 0 Å². The fourth-order valence-corrected chi connectivity index (χ4v) is 3.61. The van der Waals surface area contributed by atoms with Gasteiger partial charge in [0.2, 0.25) is 0 Å². The summed E-state index contributed by atoms with van der Waals surface area (Å²) >= 11 is 0. The molecule has 0 aliphatic rings. The molecule has 3 rings (SSSR count). The van der Waals surface area contributed by atoms with Gasteiger partial charge < -0.3 is 15.7 Å². The van der Waals surface area contributed by atoms with E-state index in [4.69, 9.17) is 0 Å². The first kappa shape index (κ1) is 20.6. The van der Waals surface area contributed by atoms with Crippen LogP contribution >= 0.6 is 0 Å². The molecule has 0 saturated carbocycles. The van der Waals surface area contributed by atoms with Gasteiger partial charge in [0, 0.05) is 30.8 Å². The number of phenolic OH excluding ortho intramolecular Hbond substituents is 1. The first-order valence-electron chi connectivity index (χ1n) is 9.01. The number of anilines is 2. The molecule has 10 heteroatoms. The number of nitrogens with zero attached hydrogens (tertiary/aromatic N) is 3. The van der Waals surface area contributed by atoms with Crippen molar-refractivity contribution in [1.29, 1.82) is 0 Å². The topological polar surface area (TPSA) is 126 Å². The second-order valence-electron chi connectivity index (χ2n) is 6.94. The number of phenols is 1. The number of hydrogen-bond donors (Lipinski definition) is 3. The van der Waals surface area contributed by atoms with Gasteiger partial charge in [-0.15, -0.1) is 0 Å². The van der Waals surface area contributed by atoms with Crippen molar-refractivity contribution in [1.82, 2.24) is 19.9 Å². The van der Waals surface area contributed by atoms with Crippen molar-refractivity contribution in [3.63, 3.8) is 0 Å². The van der Waals surface area contributed by atoms with Crippen LogP contribution in [0.1, 0.15) is 27.9 Å². The van der Waals surface area contributed by atoms with E-state index >= 15 is 0 Å². The van der Waals surface area contributed by atoms with E-state index in [9.17, 15) is 18.3 Å². The minimum atomic E-state index is -3.06. The molecule has 3 N–H and O–H groups in total. The Morgan fingerprint density at radius 2 is 2.03 bits per heavy atom. The van der Waals surface area contributed by atoms with Crippen LogP contribution in [-0.2, 0) is 9.84 Å². The van der Waals surface area contributed by atoms with Gasteiger partial charge in [0.1, 0.15) is 27.4 Å². The minimum absolute atomic E-state index is 0.0208. The maximum absolute atomic E-state index is 12.5. The molecule has 1 aromatic carbocycles. The van der Waals surface area contributed by atoms with E-state index in [1.165, 1.54) is 12.6 Å². The van der Waals surface area contributed by atoms with Crippen LogP contribution in [0.15, 0.2) is 30.7 Å². The Kier molecular flexibility index (Phi) is 5.73. The van der Waals surface area contributed by atoms with Crippen LogP contribution in [0.4, 0.5) is 11.5 Å². The molecular formula is C19H23N5O4S. The minimum Gasteiger partial charge on any atom is -0.508 e. The Hall–Kier alpha value is -3.14. The molecule has 9 nitrogen and oxygen atoms in total. The fraction of sp³-hybridized carbons (Fsp3) is 0.316. The summed E-state index contributed by atoms with van der Waals surface area (Å²) in [7, 11) is -3.06. The van der Waals surface area contributed by atoms with Crippen molar-refractivity contribution >= 4 is 32.8 Å². The lowest BCUT2D eigenvalue weighted by atomic mass is 10.1. The van der Waals surface area contributed by atoms with E-state index in [0.29, 0.717) is 34.6 Å². The molecule has 2 heterocycles. The summed E-state index contributed by atoms with van der Waals surface area (Å²) in [5, 5.41) is 20.0. The summed E-state index contributed by atoms with van der Waals surface area (Å²) in [6.07, 6.45) is 4.49. The van der Waals surface area contributed by atoms with Crippen molar-refractivity contribution in [3.05, 3.63) is 47.4 Å². The molecule has 154 valence electrons. The number of aryl methyl sites for hydroxylation is 2. The van der Waals surface area contributed by atoms with E-state index < -0.39 is 9.84 Å². The Morgan fingerprint density at radius 3 is 2.72 bits per heavy atom. The number of carbonyl (C=O) groups is 1. The van der Waals surface area contributed by atoms with Gasteiger partial charge in [-0.3, -0.25) is 4.79 Å². The van der Waals surface area contributed by atoms with E-state index in [1.807, 2.05) is 6.07 Å². The van der Waals surface area contributed by atoms with Gasteiger partial charge in [-0.1, -0.05) is 6.07 Å². The zero-order chi connectivity index (χ0) is 21.2. The number of rotatable bonds is 7. The number of nitrogens with one attached hydrogen (secondary N) is 2. The van der Waals surface area contributed by atoms with Gasteiger partial charge in [-0.2, -0.15) is 5.10 Å². The first-order valence-corrected chi connectivity index (χ1v) is 11.1. The predicted octanol–water partition coefficient (Wildman–Crippen LogP) is 1.96. The Labute approximate surface area is 168 Å². The van der Waals surface area contributed by atoms with E-state index in [2.05, 4.69) is 20.7 Å². The van der Waals surface area contributed by atoms with Crippen LogP contribution in [0.2, 0.25) is 0 Å². The van der Waals surface area contributed by atoms with Gasteiger partial charge in [-0.05, 0) is 37.5 Å². The van der Waals surface area contributed by atoms with E-state index in [0.717, 1.165) is 5.56 Å². The summed E-state index contributed by atoms with van der Waals surface area (Å²) in [6, 6.07) is 5.21. The third kappa shape index (κ3) is 4.83. The van der Waals surface area contributed by atoms with Crippen LogP contribution in [0, 0.1) is 13.8 Å². The highest BCUT2D eigenvalue weighted by Gasteiger charge is 2.18. The monoisotopic (exact) mass is 417 g/mol. The van der Waals surface area contributed by atoms with Crippen LogP contribution < -0.4 is 10.6 Å². The maximum Gasteiger partial charge on any atom is 0.253 e. The second kappa shape index (κ2) is 8.08. The van der Waals surface area contributed by atoms with Gasteiger partial charge in [0.25, 0.3) is 5.91 Å². The largest absolute Gasteiger partial charge is 0.508 e. The number of sulfone groups is 1. The highest BCUT2D eigenvalue weighted by atomic mass is 32.2. The Morgan fingerprint density at radius 1 is 1.28 bits per heavy atom. The quantitative estimate of drug-likeness (QED) is 0.502. The predicted molar refractivity (Wildman–Crippen MR) is 111 cm³/mol. The molecule has 0 radical (unpaired) electrons. The molecule has 0 aliphatic carbocycles. The van der Waals surface area contributed by atoms with Crippen molar-refractivity contribution in [2.24, 2.45) is 0 Å². The number of carbonyl (C=O) groups excluding carboxylic acids is 1. The number of hydrogen-bond acceptors (Lipinski definition) is 7. The van der Waals surface area contributed by atoms with Crippen LogP contribution in [-0.4, -0.2) is 52.6 Å². The molecule has 0 unspecified atom stereocenters. The Balaban J connectivity index is 1.82. The highest BCUT2D eigenvalue weighted by Crippen LogP contribution is 2.27. The second-order valence-corrected chi connectivity index (χ2v) is 9.19. The van der Waals surface area contributed by atoms with E-state index in [1.54, 1.807) is 36.7 Å². The molecule has 1 amide bonds. The van der Waals surface area contributed by atoms with Gasteiger partial charge in [0.05, 0.1) is 11.3 Å². The lowest BCUT2D eigenvalue weighted by Crippen LogP contribution is -2.26. The molecule has 0 atom stereocenters. The van der Waals surface area contributed by atoms with Gasteiger partial charge in [-0.25, -0.2) is 17.9 Å². The standard InChI is InChI=1S/C19H23N5O4S/c1-12-5-6-14(9-16(12)25)23-18-17-13(2)15(10-24(17)22-11-21-18)19(26)20-7-4-8-29(3,27)28/h5-6,9-11,25H,4,7-8H2,1-3H3,(H,20,26)(H,21,22,23). The first-order chi connectivity index (χ1) is 13.7. The molecule has 0 fully saturated rings. The third-order valence-electron chi connectivity index (χ3n) is 4.52. The average molecular weight is 417 g/mol. The zero-order valence-corrected chi connectivity index (χ0v) is 17.2. The molecule has 0 aliphatic heterocycles. The summed E-state index contributed by atoms with van der Waals surface area (Å²) in [5.41, 5.74) is 3.16. The van der Waals surface area contributed by atoms with Crippen molar-refractivity contribution < 1.29 is 18.3 Å². The Bertz CT molecular complexity index is 1170. The summed E-state index contributed by atoms with van der Waals surface area (Å²) in [4.78, 5) is 16.8. The number of benzene rings is 1. The number of amides is 1. The van der Waals surface area contributed by atoms with Crippen LogP contribution in [0.25, 0.3) is 5.52 Å². The lowest BCUT2D eigenvalue weighted by molar-refractivity contribution is 0.0953. The lowest BCUT2D eigenvalue weighted by Gasteiger charge is -2.09. The maximum atomic E-state index is 12.5. The SMILES string of the molecule is Cc1ccc(Nc2ncnn3cc(C(=O)NCCCS(C)(=O)=O)c(C)c23)cc1O.